The third kappa shape index (κ3) is 6.62. The van der Waals surface area contributed by atoms with E-state index in [9.17, 15) is 13.2 Å². The lowest BCUT2D eigenvalue weighted by molar-refractivity contribution is -0.121. The molecular formula is C23H32N2O5S. The minimum absolute atomic E-state index is 0.336. The van der Waals surface area contributed by atoms with E-state index in [-0.39, 0.29) is 5.91 Å². The van der Waals surface area contributed by atoms with Crippen LogP contribution in [-0.4, -0.2) is 47.4 Å². The Morgan fingerprint density at radius 2 is 1.65 bits per heavy atom. The van der Waals surface area contributed by atoms with Crippen LogP contribution in [0.2, 0.25) is 0 Å². The summed E-state index contributed by atoms with van der Waals surface area (Å²) in [7, 11) is -0.458. The summed E-state index contributed by atoms with van der Waals surface area (Å²) in [4.78, 5) is 12.7. The first-order valence-corrected chi connectivity index (χ1v) is 12.0. The van der Waals surface area contributed by atoms with Gasteiger partial charge in [0.1, 0.15) is 6.04 Å². The van der Waals surface area contributed by atoms with E-state index < -0.39 is 16.1 Å². The average Bonchev–Trinajstić information content (AvgIpc) is 2.69. The smallest absolute Gasteiger partial charge is 0.243 e. The number of methoxy groups -OCH3 is 2. The number of amides is 1. The number of carbonyl (C=O) groups excluding carboxylic acids is 1. The van der Waals surface area contributed by atoms with Gasteiger partial charge in [-0.2, -0.15) is 0 Å². The van der Waals surface area contributed by atoms with E-state index in [0.29, 0.717) is 30.2 Å². The Labute approximate surface area is 185 Å². The van der Waals surface area contributed by atoms with Crippen molar-refractivity contribution in [2.45, 2.75) is 39.7 Å². The summed E-state index contributed by atoms with van der Waals surface area (Å²) in [5.74, 6) is 0.993. The predicted molar refractivity (Wildman–Crippen MR) is 124 cm³/mol. The Balaban J connectivity index is 2.01. The zero-order chi connectivity index (χ0) is 23.2. The zero-order valence-corrected chi connectivity index (χ0v) is 19.9. The molecule has 0 bridgehead atoms. The van der Waals surface area contributed by atoms with E-state index in [2.05, 4.69) is 5.32 Å². The van der Waals surface area contributed by atoms with Gasteiger partial charge >= 0.3 is 0 Å². The number of anilines is 1. The van der Waals surface area contributed by atoms with Gasteiger partial charge < -0.3 is 14.8 Å². The van der Waals surface area contributed by atoms with E-state index in [1.54, 1.807) is 33.3 Å². The van der Waals surface area contributed by atoms with Crippen molar-refractivity contribution in [1.82, 2.24) is 5.32 Å². The minimum Gasteiger partial charge on any atom is -0.493 e. The van der Waals surface area contributed by atoms with Gasteiger partial charge in [0.25, 0.3) is 0 Å². The number of sulfonamides is 1. The van der Waals surface area contributed by atoms with Crippen LogP contribution in [0.3, 0.4) is 0 Å². The molecule has 2 aromatic rings. The maximum absolute atomic E-state index is 12.7. The summed E-state index contributed by atoms with van der Waals surface area (Å²) in [5, 5.41) is 2.85. The van der Waals surface area contributed by atoms with E-state index in [1.165, 1.54) is 4.31 Å². The Hall–Kier alpha value is -2.74. The van der Waals surface area contributed by atoms with E-state index in [1.807, 2.05) is 38.1 Å². The lowest BCUT2D eigenvalue weighted by atomic mass is 10.1. The molecule has 1 N–H and O–H groups in total. The summed E-state index contributed by atoms with van der Waals surface area (Å²) < 4.78 is 36.6. The number of carbonyl (C=O) groups is 1. The number of nitrogens with one attached hydrogen (secondary N) is 1. The van der Waals surface area contributed by atoms with Crippen LogP contribution >= 0.6 is 0 Å². The third-order valence-corrected chi connectivity index (χ3v) is 6.18. The highest BCUT2D eigenvalue weighted by molar-refractivity contribution is 7.92. The summed E-state index contributed by atoms with van der Waals surface area (Å²) in [6, 6.07) is 10.4. The molecule has 170 valence electrons. The molecule has 0 aliphatic carbocycles. The molecule has 0 aliphatic heterocycles. The molecule has 0 saturated carbocycles. The molecular weight excluding hydrogens is 416 g/mol. The highest BCUT2D eigenvalue weighted by Gasteiger charge is 2.29. The van der Waals surface area contributed by atoms with Gasteiger partial charge in [0.15, 0.2) is 11.5 Å². The number of rotatable bonds is 10. The molecule has 1 atom stereocenters. The topological polar surface area (TPSA) is 84.9 Å². The maximum Gasteiger partial charge on any atom is 0.243 e. The van der Waals surface area contributed by atoms with E-state index >= 15 is 0 Å². The second kappa shape index (κ2) is 10.5. The highest BCUT2D eigenvalue weighted by atomic mass is 32.2. The zero-order valence-electron chi connectivity index (χ0n) is 19.1. The Bertz CT molecular complexity index is 1000. The molecule has 7 nitrogen and oxygen atoms in total. The van der Waals surface area contributed by atoms with Gasteiger partial charge in [-0.15, -0.1) is 0 Å². The van der Waals surface area contributed by atoms with Gasteiger partial charge in [-0.25, -0.2) is 8.42 Å². The molecule has 0 aromatic heterocycles. The van der Waals surface area contributed by atoms with Crippen LogP contribution in [0.15, 0.2) is 36.4 Å². The summed E-state index contributed by atoms with van der Waals surface area (Å²) >= 11 is 0. The van der Waals surface area contributed by atoms with Crippen molar-refractivity contribution in [1.29, 1.82) is 0 Å². The largest absolute Gasteiger partial charge is 0.493 e. The Morgan fingerprint density at radius 1 is 1.03 bits per heavy atom. The fourth-order valence-corrected chi connectivity index (χ4v) is 4.73. The van der Waals surface area contributed by atoms with E-state index in [0.717, 1.165) is 29.4 Å². The summed E-state index contributed by atoms with van der Waals surface area (Å²) in [5.41, 5.74) is 3.43. The first kappa shape index (κ1) is 24.5. The molecule has 8 heteroatoms. The Kier molecular flexibility index (Phi) is 8.33. The average molecular weight is 449 g/mol. The molecule has 31 heavy (non-hydrogen) atoms. The monoisotopic (exact) mass is 448 g/mol. The van der Waals surface area contributed by atoms with Crippen LogP contribution in [0.1, 0.15) is 30.0 Å². The lowest BCUT2D eigenvalue weighted by Gasteiger charge is -2.28. The number of aryl methyl sites for hydroxylation is 3. The van der Waals surface area contributed by atoms with Crippen molar-refractivity contribution in [3.63, 3.8) is 0 Å². The van der Waals surface area contributed by atoms with Crippen molar-refractivity contribution < 1.29 is 22.7 Å². The number of benzene rings is 2. The van der Waals surface area contributed by atoms with Gasteiger partial charge in [-0.05, 0) is 74.6 Å². The molecule has 0 spiro atoms. The van der Waals surface area contributed by atoms with Gasteiger partial charge in [-0.3, -0.25) is 9.10 Å². The minimum atomic E-state index is -3.64. The van der Waals surface area contributed by atoms with Crippen LogP contribution in [0.25, 0.3) is 0 Å². The van der Waals surface area contributed by atoms with Crippen LogP contribution in [0.5, 0.6) is 11.5 Å². The third-order valence-electron chi connectivity index (χ3n) is 4.94. The van der Waals surface area contributed by atoms with Crippen LogP contribution in [-0.2, 0) is 21.2 Å². The van der Waals surface area contributed by atoms with Crippen LogP contribution in [0.4, 0.5) is 5.69 Å². The molecule has 2 rings (SSSR count). The SMILES string of the molecule is COc1ccc(CCCNC(=O)[C@H](C)N(c2cc(C)cc(C)c2)S(C)(=O)=O)cc1OC. The number of hydrogen-bond acceptors (Lipinski definition) is 5. The molecule has 0 aliphatic rings. The number of nitrogens with zero attached hydrogens (tertiary/aromatic N) is 1. The molecule has 1 amide bonds. The molecule has 0 heterocycles. The molecule has 0 radical (unpaired) electrons. The van der Waals surface area contributed by atoms with Crippen molar-refractivity contribution in [3.8, 4) is 11.5 Å². The lowest BCUT2D eigenvalue weighted by Crippen LogP contribution is -2.48. The highest BCUT2D eigenvalue weighted by Crippen LogP contribution is 2.28. The van der Waals surface area contributed by atoms with Crippen molar-refractivity contribution in [2.75, 3.05) is 31.3 Å². The fraction of sp³-hybridized carbons (Fsp3) is 0.435. The van der Waals surface area contributed by atoms with Crippen molar-refractivity contribution in [2.24, 2.45) is 0 Å². The molecule has 0 unspecified atom stereocenters. The van der Waals surface area contributed by atoms with E-state index in [4.69, 9.17) is 9.47 Å². The van der Waals surface area contributed by atoms with Gasteiger partial charge in [-0.1, -0.05) is 12.1 Å². The predicted octanol–water partition coefficient (Wildman–Crippen LogP) is 3.22. The summed E-state index contributed by atoms with van der Waals surface area (Å²) in [6.45, 7) is 5.83. The summed E-state index contributed by atoms with van der Waals surface area (Å²) in [6.07, 6.45) is 2.56. The molecule has 2 aromatic carbocycles. The molecule has 0 saturated heterocycles. The first-order valence-electron chi connectivity index (χ1n) is 10.1. The quantitative estimate of drug-likeness (QED) is 0.564. The first-order chi connectivity index (χ1) is 14.6. The van der Waals surface area contributed by atoms with Gasteiger partial charge in [0, 0.05) is 6.54 Å². The fourth-order valence-electron chi connectivity index (χ4n) is 3.57. The number of hydrogen-bond donors (Lipinski definition) is 1. The van der Waals surface area contributed by atoms with Gasteiger partial charge in [0.05, 0.1) is 26.2 Å². The van der Waals surface area contributed by atoms with Gasteiger partial charge in [0.2, 0.25) is 15.9 Å². The second-order valence-corrected chi connectivity index (χ2v) is 9.52. The standard InChI is InChI=1S/C23H32N2O5S/c1-16-12-17(2)14-20(13-16)25(31(6,27)28)18(3)23(26)24-11-7-8-19-9-10-21(29-4)22(15-19)30-5/h9-10,12-15,18H,7-8,11H2,1-6H3,(H,24,26)/t18-/m0/s1. The normalized spacial score (nSPS) is 12.2. The van der Waals surface area contributed by atoms with Crippen molar-refractivity contribution >= 4 is 21.6 Å². The number of ether oxygens (including phenoxy) is 2. The second-order valence-electron chi connectivity index (χ2n) is 7.66. The van der Waals surface area contributed by atoms with Crippen LogP contribution in [0, 0.1) is 13.8 Å². The van der Waals surface area contributed by atoms with Crippen LogP contribution < -0.4 is 19.1 Å². The Morgan fingerprint density at radius 3 is 2.19 bits per heavy atom. The van der Waals surface area contributed by atoms with Crippen molar-refractivity contribution in [3.05, 3.63) is 53.1 Å². The molecule has 0 fully saturated rings. The maximum atomic E-state index is 12.7.